The largest absolute Gasteiger partial charge is 0.497 e. The SMILES string of the molecule is CCOC(=O)C1=C(COC(=O)CCCOc2ccccc2)NC(=O)N[C@H]1c1ccc(OC)cc1. The van der Waals surface area contributed by atoms with Crippen LogP contribution >= 0.6 is 0 Å². The maximum Gasteiger partial charge on any atom is 0.338 e. The molecular weight excluding hydrogens is 440 g/mol. The fourth-order valence-electron chi connectivity index (χ4n) is 3.38. The number of ether oxygens (including phenoxy) is 4. The van der Waals surface area contributed by atoms with Gasteiger partial charge in [0.1, 0.15) is 18.1 Å². The third-order valence-corrected chi connectivity index (χ3v) is 5.01. The van der Waals surface area contributed by atoms with Gasteiger partial charge in [0.2, 0.25) is 0 Å². The van der Waals surface area contributed by atoms with E-state index < -0.39 is 24.0 Å². The summed E-state index contributed by atoms with van der Waals surface area (Å²) < 4.78 is 21.3. The van der Waals surface area contributed by atoms with Gasteiger partial charge < -0.3 is 29.6 Å². The summed E-state index contributed by atoms with van der Waals surface area (Å²) >= 11 is 0. The monoisotopic (exact) mass is 468 g/mol. The zero-order valence-electron chi connectivity index (χ0n) is 19.2. The van der Waals surface area contributed by atoms with Gasteiger partial charge in [-0.25, -0.2) is 9.59 Å². The van der Waals surface area contributed by atoms with E-state index in [0.717, 1.165) is 5.75 Å². The second-order valence-electron chi connectivity index (χ2n) is 7.34. The Hall–Kier alpha value is -4.01. The number of methoxy groups -OCH3 is 1. The maximum atomic E-state index is 12.8. The van der Waals surface area contributed by atoms with Crippen LogP contribution in [0.25, 0.3) is 0 Å². The lowest BCUT2D eigenvalue weighted by molar-refractivity contribution is -0.144. The standard InChI is InChI=1S/C25H28N2O7/c1-3-32-24(29)22-20(16-34-21(28)10-7-15-33-19-8-5-4-6-9-19)26-25(30)27-23(22)17-11-13-18(31-2)14-12-17/h4-6,8-9,11-14,23H,3,7,10,15-16H2,1-2H3,(H2,26,27,30)/t23-/m0/s1. The summed E-state index contributed by atoms with van der Waals surface area (Å²) in [5, 5.41) is 5.30. The van der Waals surface area contributed by atoms with Crippen LogP contribution in [-0.2, 0) is 19.1 Å². The third kappa shape index (κ3) is 6.74. The smallest absolute Gasteiger partial charge is 0.338 e. The molecule has 0 aromatic heterocycles. The Morgan fingerprint density at radius 2 is 1.71 bits per heavy atom. The molecule has 0 bridgehead atoms. The van der Waals surface area contributed by atoms with Crippen LogP contribution in [0.4, 0.5) is 4.79 Å². The normalized spacial score (nSPS) is 15.1. The molecule has 0 saturated carbocycles. The molecule has 1 atom stereocenters. The summed E-state index contributed by atoms with van der Waals surface area (Å²) in [6, 6.07) is 14.9. The number of benzene rings is 2. The first kappa shape index (κ1) is 24.6. The second kappa shape index (κ2) is 12.3. The molecular formula is C25H28N2O7. The van der Waals surface area contributed by atoms with Crippen LogP contribution in [0.2, 0.25) is 0 Å². The van der Waals surface area contributed by atoms with Crippen molar-refractivity contribution in [3.05, 3.63) is 71.4 Å². The first-order chi connectivity index (χ1) is 16.5. The van der Waals surface area contributed by atoms with E-state index in [1.807, 2.05) is 30.3 Å². The number of rotatable bonds is 11. The molecule has 2 aromatic carbocycles. The lowest BCUT2D eigenvalue weighted by Gasteiger charge is -2.29. The molecule has 0 fully saturated rings. The topological polar surface area (TPSA) is 112 Å². The summed E-state index contributed by atoms with van der Waals surface area (Å²) in [7, 11) is 1.55. The number of hydrogen-bond acceptors (Lipinski definition) is 7. The van der Waals surface area contributed by atoms with Crippen LogP contribution in [-0.4, -0.2) is 44.9 Å². The Morgan fingerprint density at radius 1 is 0.971 bits per heavy atom. The van der Waals surface area contributed by atoms with Gasteiger partial charge in [0.15, 0.2) is 0 Å². The van der Waals surface area contributed by atoms with Crippen LogP contribution in [0.3, 0.4) is 0 Å². The number of carbonyl (C=O) groups is 3. The van der Waals surface area contributed by atoms with E-state index in [9.17, 15) is 14.4 Å². The Morgan fingerprint density at radius 3 is 2.38 bits per heavy atom. The van der Waals surface area contributed by atoms with Gasteiger partial charge in [-0.3, -0.25) is 4.79 Å². The van der Waals surface area contributed by atoms with E-state index in [-0.39, 0.29) is 30.9 Å². The molecule has 2 amide bonds. The molecule has 2 aromatic rings. The van der Waals surface area contributed by atoms with E-state index >= 15 is 0 Å². The van der Waals surface area contributed by atoms with Crippen molar-refractivity contribution in [1.29, 1.82) is 0 Å². The molecule has 0 unspecified atom stereocenters. The number of esters is 2. The Labute approximate surface area is 198 Å². The molecule has 9 heteroatoms. The summed E-state index contributed by atoms with van der Waals surface area (Å²) in [6.07, 6.45) is 0.586. The highest BCUT2D eigenvalue weighted by Crippen LogP contribution is 2.29. The molecule has 1 heterocycles. The Bertz CT molecular complexity index is 1020. The lowest BCUT2D eigenvalue weighted by Crippen LogP contribution is -2.47. The number of para-hydroxylation sites is 1. The summed E-state index contributed by atoms with van der Waals surface area (Å²) in [5.41, 5.74) is 1.00. The molecule has 0 radical (unpaired) electrons. The first-order valence-corrected chi connectivity index (χ1v) is 11.0. The molecule has 34 heavy (non-hydrogen) atoms. The number of nitrogens with one attached hydrogen (secondary N) is 2. The van der Waals surface area contributed by atoms with Crippen molar-refractivity contribution < 1.29 is 33.3 Å². The highest BCUT2D eigenvalue weighted by Gasteiger charge is 2.34. The minimum atomic E-state index is -0.772. The van der Waals surface area contributed by atoms with Crippen LogP contribution in [0.5, 0.6) is 11.5 Å². The minimum absolute atomic E-state index is 0.128. The quantitative estimate of drug-likeness (QED) is 0.384. The molecule has 1 aliphatic rings. The molecule has 0 aliphatic carbocycles. The summed E-state index contributed by atoms with van der Waals surface area (Å²) in [4.78, 5) is 37.3. The van der Waals surface area contributed by atoms with E-state index in [1.165, 1.54) is 0 Å². The molecule has 0 spiro atoms. The highest BCUT2D eigenvalue weighted by atomic mass is 16.5. The molecule has 3 rings (SSSR count). The average molecular weight is 469 g/mol. The summed E-state index contributed by atoms with van der Waals surface area (Å²) in [5.74, 6) is 0.275. The van der Waals surface area contributed by atoms with Gasteiger partial charge in [-0.15, -0.1) is 0 Å². The number of amides is 2. The first-order valence-electron chi connectivity index (χ1n) is 11.0. The van der Waals surface area contributed by atoms with Gasteiger partial charge in [-0.05, 0) is 43.2 Å². The fraction of sp³-hybridized carbons (Fsp3) is 0.320. The van der Waals surface area contributed by atoms with Gasteiger partial charge in [-0.1, -0.05) is 30.3 Å². The predicted octanol–water partition coefficient (Wildman–Crippen LogP) is 3.27. The zero-order valence-corrected chi connectivity index (χ0v) is 19.2. The van der Waals surface area contributed by atoms with Crippen molar-refractivity contribution in [3.63, 3.8) is 0 Å². The molecule has 1 aliphatic heterocycles. The Balaban J connectivity index is 1.66. The van der Waals surface area contributed by atoms with Crippen LogP contribution in [0.15, 0.2) is 65.9 Å². The number of hydrogen-bond donors (Lipinski definition) is 2. The van der Waals surface area contributed by atoms with E-state index in [0.29, 0.717) is 24.3 Å². The van der Waals surface area contributed by atoms with Crippen molar-refractivity contribution >= 4 is 18.0 Å². The van der Waals surface area contributed by atoms with Gasteiger partial charge in [0.25, 0.3) is 0 Å². The van der Waals surface area contributed by atoms with Gasteiger partial charge in [0.05, 0.1) is 37.6 Å². The van der Waals surface area contributed by atoms with E-state index in [2.05, 4.69) is 10.6 Å². The zero-order chi connectivity index (χ0) is 24.3. The summed E-state index contributed by atoms with van der Waals surface area (Å²) in [6.45, 7) is 1.93. The molecule has 180 valence electrons. The van der Waals surface area contributed by atoms with E-state index in [1.54, 1.807) is 38.3 Å². The number of carbonyl (C=O) groups excluding carboxylic acids is 3. The maximum absolute atomic E-state index is 12.8. The fourth-order valence-corrected chi connectivity index (χ4v) is 3.38. The van der Waals surface area contributed by atoms with Crippen molar-refractivity contribution in [3.8, 4) is 11.5 Å². The number of urea groups is 1. The van der Waals surface area contributed by atoms with Gasteiger partial charge in [-0.2, -0.15) is 0 Å². The lowest BCUT2D eigenvalue weighted by atomic mass is 9.95. The molecule has 9 nitrogen and oxygen atoms in total. The second-order valence-corrected chi connectivity index (χ2v) is 7.34. The van der Waals surface area contributed by atoms with E-state index in [4.69, 9.17) is 18.9 Å². The van der Waals surface area contributed by atoms with Crippen LogP contribution in [0, 0.1) is 0 Å². The van der Waals surface area contributed by atoms with Crippen LogP contribution in [0.1, 0.15) is 31.4 Å². The van der Waals surface area contributed by atoms with Crippen LogP contribution < -0.4 is 20.1 Å². The molecule has 0 saturated heterocycles. The minimum Gasteiger partial charge on any atom is -0.497 e. The van der Waals surface area contributed by atoms with Gasteiger partial charge in [0, 0.05) is 6.42 Å². The van der Waals surface area contributed by atoms with Gasteiger partial charge >= 0.3 is 18.0 Å². The van der Waals surface area contributed by atoms with Crippen molar-refractivity contribution in [1.82, 2.24) is 10.6 Å². The predicted molar refractivity (Wildman–Crippen MR) is 123 cm³/mol. The molecule has 2 N–H and O–H groups in total. The van der Waals surface area contributed by atoms with Crippen molar-refractivity contribution in [2.45, 2.75) is 25.8 Å². The Kier molecular flexibility index (Phi) is 8.90. The van der Waals surface area contributed by atoms with Crippen molar-refractivity contribution in [2.75, 3.05) is 26.9 Å². The average Bonchev–Trinajstić information content (AvgIpc) is 2.85. The third-order valence-electron chi connectivity index (χ3n) is 5.01. The highest BCUT2D eigenvalue weighted by molar-refractivity contribution is 5.95. The van der Waals surface area contributed by atoms with Crippen molar-refractivity contribution in [2.24, 2.45) is 0 Å².